The zero-order chi connectivity index (χ0) is 18.2. The maximum atomic E-state index is 12.8. The Bertz CT molecular complexity index is 1140. The highest BCUT2D eigenvalue weighted by atomic mass is 32.2. The highest BCUT2D eigenvalue weighted by Crippen LogP contribution is 2.21. The van der Waals surface area contributed by atoms with E-state index in [0.29, 0.717) is 5.39 Å². The molecule has 1 atom stereocenters. The van der Waals surface area contributed by atoms with E-state index in [2.05, 4.69) is 9.97 Å². The van der Waals surface area contributed by atoms with Crippen molar-refractivity contribution in [1.29, 1.82) is 0 Å². The summed E-state index contributed by atoms with van der Waals surface area (Å²) in [5.74, 6) is 0. The number of nitrogens with zero attached hydrogens (tertiary/aromatic N) is 3. The van der Waals surface area contributed by atoms with Crippen molar-refractivity contribution in [3.8, 4) is 0 Å². The van der Waals surface area contributed by atoms with Crippen LogP contribution in [0.1, 0.15) is 6.92 Å². The van der Waals surface area contributed by atoms with E-state index in [9.17, 15) is 17.4 Å². The molecular formula is C16H15N3O4S2. The van der Waals surface area contributed by atoms with E-state index in [0.717, 1.165) is 0 Å². The first-order valence-corrected chi connectivity index (χ1v) is 10.4. The molecule has 0 saturated carbocycles. The van der Waals surface area contributed by atoms with Crippen LogP contribution in [0.3, 0.4) is 0 Å². The van der Waals surface area contributed by atoms with Crippen LogP contribution >= 0.6 is 0 Å². The molecule has 0 aliphatic heterocycles. The standard InChI is InChI=1S/C16H15N3O4S2/c1-3-19-14-11(10-17-16(18-14)24(2)21)9-13(15(19)20)25(22,23)12-7-5-4-6-8-12/h4-10H,3H2,1-2H3. The summed E-state index contributed by atoms with van der Waals surface area (Å²) in [7, 11) is -5.38. The first-order chi connectivity index (χ1) is 11.9. The van der Waals surface area contributed by atoms with E-state index < -0.39 is 26.2 Å². The largest absolute Gasteiger partial charge is 0.292 e. The molecule has 1 unspecified atom stereocenters. The summed E-state index contributed by atoms with van der Waals surface area (Å²) in [6.45, 7) is 1.94. The Labute approximate surface area is 146 Å². The van der Waals surface area contributed by atoms with E-state index in [1.165, 1.54) is 35.2 Å². The zero-order valence-corrected chi connectivity index (χ0v) is 15.2. The lowest BCUT2D eigenvalue weighted by Crippen LogP contribution is -2.26. The fourth-order valence-electron chi connectivity index (χ4n) is 2.47. The molecule has 9 heteroatoms. The topological polar surface area (TPSA) is 99.0 Å². The lowest BCUT2D eigenvalue weighted by Gasteiger charge is -2.11. The molecule has 0 fully saturated rings. The van der Waals surface area contributed by atoms with Crippen molar-refractivity contribution in [2.45, 2.75) is 28.4 Å². The second-order valence-corrected chi connectivity index (χ2v) is 8.45. The van der Waals surface area contributed by atoms with E-state index in [4.69, 9.17) is 0 Å². The fourth-order valence-corrected chi connectivity index (χ4v) is 4.28. The Kier molecular flexibility index (Phi) is 4.53. The van der Waals surface area contributed by atoms with E-state index in [-0.39, 0.29) is 27.1 Å². The number of aryl methyl sites for hydroxylation is 1. The summed E-state index contributed by atoms with van der Waals surface area (Å²) in [6.07, 6.45) is 2.82. The number of hydrogen-bond donors (Lipinski definition) is 0. The van der Waals surface area contributed by atoms with Crippen molar-refractivity contribution < 1.29 is 12.6 Å². The van der Waals surface area contributed by atoms with Crippen LogP contribution < -0.4 is 5.56 Å². The van der Waals surface area contributed by atoms with Crippen molar-refractivity contribution in [2.75, 3.05) is 6.26 Å². The van der Waals surface area contributed by atoms with Gasteiger partial charge in [0.05, 0.1) is 15.7 Å². The van der Waals surface area contributed by atoms with Gasteiger partial charge in [0.25, 0.3) is 5.56 Å². The average Bonchev–Trinajstić information content (AvgIpc) is 2.61. The average molecular weight is 377 g/mol. The third-order valence-electron chi connectivity index (χ3n) is 3.69. The molecule has 0 aliphatic carbocycles. The van der Waals surface area contributed by atoms with Gasteiger partial charge in [0.15, 0.2) is 0 Å². The quantitative estimate of drug-likeness (QED) is 0.637. The highest BCUT2D eigenvalue weighted by Gasteiger charge is 2.24. The third-order valence-corrected chi connectivity index (χ3v) is 6.16. The van der Waals surface area contributed by atoms with Crippen LogP contribution in [-0.4, -0.2) is 33.4 Å². The van der Waals surface area contributed by atoms with E-state index >= 15 is 0 Å². The molecule has 3 rings (SSSR count). The summed E-state index contributed by atoms with van der Waals surface area (Å²) in [4.78, 5) is 20.6. The van der Waals surface area contributed by atoms with Crippen LogP contribution in [0.25, 0.3) is 11.0 Å². The molecule has 0 bridgehead atoms. The SMILES string of the molecule is CCn1c(=O)c(S(=O)(=O)c2ccccc2)cc2cnc(S(C)=O)nc21. The molecule has 130 valence electrons. The van der Waals surface area contributed by atoms with Crippen LogP contribution in [0.5, 0.6) is 0 Å². The molecule has 3 aromatic rings. The van der Waals surface area contributed by atoms with Crippen LogP contribution in [-0.2, 0) is 27.2 Å². The lowest BCUT2D eigenvalue weighted by molar-refractivity contribution is 0.592. The molecular weight excluding hydrogens is 362 g/mol. The van der Waals surface area contributed by atoms with E-state index in [1.807, 2.05) is 0 Å². The number of sulfone groups is 1. The third kappa shape index (κ3) is 3.00. The Balaban J connectivity index is 2.35. The minimum atomic E-state index is -3.97. The summed E-state index contributed by atoms with van der Waals surface area (Å²) in [6, 6.07) is 9.04. The lowest BCUT2D eigenvalue weighted by atomic mass is 10.3. The number of pyridine rings is 1. The molecule has 2 aromatic heterocycles. The number of fused-ring (bicyclic) bond motifs is 1. The number of hydrogen-bond acceptors (Lipinski definition) is 6. The van der Waals surface area contributed by atoms with Gasteiger partial charge in [-0.05, 0) is 25.1 Å². The maximum absolute atomic E-state index is 12.8. The van der Waals surface area contributed by atoms with Gasteiger partial charge in [0.2, 0.25) is 15.0 Å². The predicted molar refractivity (Wildman–Crippen MR) is 93.7 cm³/mol. The van der Waals surface area contributed by atoms with Crippen molar-refractivity contribution >= 4 is 31.7 Å². The van der Waals surface area contributed by atoms with Crippen LogP contribution in [0.4, 0.5) is 0 Å². The molecule has 2 heterocycles. The molecule has 0 N–H and O–H groups in total. The summed E-state index contributed by atoms with van der Waals surface area (Å²) < 4.78 is 38.5. The number of benzene rings is 1. The van der Waals surface area contributed by atoms with Gasteiger partial charge in [0, 0.05) is 24.4 Å². The van der Waals surface area contributed by atoms with Gasteiger partial charge >= 0.3 is 0 Å². The van der Waals surface area contributed by atoms with Crippen LogP contribution in [0.15, 0.2) is 62.3 Å². The first kappa shape index (κ1) is 17.4. The van der Waals surface area contributed by atoms with Crippen molar-refractivity contribution in [1.82, 2.24) is 14.5 Å². The zero-order valence-electron chi connectivity index (χ0n) is 13.5. The second kappa shape index (κ2) is 6.49. The molecule has 7 nitrogen and oxygen atoms in total. The minimum absolute atomic E-state index is 0.0429. The normalized spacial score (nSPS) is 13.0. The van der Waals surface area contributed by atoms with Crippen molar-refractivity contribution in [3.05, 3.63) is 52.9 Å². The van der Waals surface area contributed by atoms with Gasteiger partial charge in [-0.15, -0.1) is 0 Å². The highest BCUT2D eigenvalue weighted by molar-refractivity contribution is 7.91. The van der Waals surface area contributed by atoms with Gasteiger partial charge in [-0.3, -0.25) is 13.6 Å². The van der Waals surface area contributed by atoms with Crippen LogP contribution in [0, 0.1) is 0 Å². The monoisotopic (exact) mass is 377 g/mol. The van der Waals surface area contributed by atoms with E-state index in [1.54, 1.807) is 25.1 Å². The maximum Gasteiger partial charge on any atom is 0.271 e. The number of rotatable bonds is 4. The molecule has 1 aromatic carbocycles. The molecule has 25 heavy (non-hydrogen) atoms. The fraction of sp³-hybridized carbons (Fsp3) is 0.188. The van der Waals surface area contributed by atoms with Gasteiger partial charge in [-0.25, -0.2) is 18.4 Å². The second-order valence-electron chi connectivity index (χ2n) is 5.26. The summed E-state index contributed by atoms with van der Waals surface area (Å²) in [5, 5.41) is 0.484. The summed E-state index contributed by atoms with van der Waals surface area (Å²) in [5.41, 5.74) is -0.398. The molecule has 0 saturated heterocycles. The Hall–Kier alpha value is -2.39. The van der Waals surface area contributed by atoms with Crippen molar-refractivity contribution in [3.63, 3.8) is 0 Å². The van der Waals surface area contributed by atoms with Gasteiger partial charge in [-0.2, -0.15) is 0 Å². The number of aromatic nitrogens is 3. The predicted octanol–water partition coefficient (Wildman–Crippen LogP) is 1.38. The van der Waals surface area contributed by atoms with Gasteiger partial charge < -0.3 is 0 Å². The summed E-state index contributed by atoms with van der Waals surface area (Å²) >= 11 is 0. The molecule has 0 aliphatic rings. The van der Waals surface area contributed by atoms with Gasteiger partial charge in [-0.1, -0.05) is 18.2 Å². The Morgan fingerprint density at radius 2 is 1.88 bits per heavy atom. The molecule has 0 amide bonds. The minimum Gasteiger partial charge on any atom is -0.292 e. The molecule has 0 spiro atoms. The van der Waals surface area contributed by atoms with Gasteiger partial charge in [0.1, 0.15) is 10.5 Å². The Morgan fingerprint density at radius 1 is 1.20 bits per heavy atom. The Morgan fingerprint density at radius 3 is 2.48 bits per heavy atom. The smallest absolute Gasteiger partial charge is 0.271 e. The molecule has 0 radical (unpaired) electrons. The van der Waals surface area contributed by atoms with Crippen molar-refractivity contribution in [2.24, 2.45) is 0 Å². The first-order valence-electron chi connectivity index (χ1n) is 7.40. The van der Waals surface area contributed by atoms with Crippen LogP contribution in [0.2, 0.25) is 0 Å².